The van der Waals surface area contributed by atoms with Crippen molar-refractivity contribution in [3.63, 3.8) is 0 Å². The predicted molar refractivity (Wildman–Crippen MR) is 124 cm³/mol. The number of nitrogens with zero attached hydrogens (tertiary/aromatic N) is 3. The summed E-state index contributed by atoms with van der Waals surface area (Å²) in [6, 6.07) is 7.82. The lowest BCUT2D eigenvalue weighted by Crippen LogP contribution is -2.31. The molecule has 4 rings (SSSR count). The molecule has 2 heterocycles. The predicted octanol–water partition coefficient (Wildman–Crippen LogP) is 5.78. The number of anilines is 1. The number of carbonyl (C=O) groups excluding carboxylic acids is 1. The summed E-state index contributed by atoms with van der Waals surface area (Å²) in [5.41, 5.74) is -2.69. The zero-order valence-corrected chi connectivity index (χ0v) is 20.2. The van der Waals surface area contributed by atoms with E-state index in [1.165, 1.54) is 42.2 Å². The highest BCUT2D eigenvalue weighted by Crippen LogP contribution is 2.40. The normalized spacial score (nSPS) is 14.4. The van der Waals surface area contributed by atoms with Gasteiger partial charge in [0.1, 0.15) is 11.4 Å². The highest BCUT2D eigenvalue weighted by atomic mass is 35.5. The third-order valence-corrected chi connectivity index (χ3v) is 6.35. The average molecular weight is 561 g/mol. The van der Waals surface area contributed by atoms with E-state index < -0.39 is 52.1 Å². The Morgan fingerprint density at radius 3 is 2.29 bits per heavy atom. The van der Waals surface area contributed by atoms with Crippen LogP contribution in [0.1, 0.15) is 56.1 Å². The molecule has 1 atom stereocenters. The lowest BCUT2D eigenvalue weighted by atomic mass is 10.1. The van der Waals surface area contributed by atoms with Gasteiger partial charge in [0.25, 0.3) is 5.91 Å². The zero-order valence-electron chi connectivity index (χ0n) is 19.5. The van der Waals surface area contributed by atoms with Crippen molar-refractivity contribution >= 4 is 29.3 Å². The number of hydrogen-bond acceptors (Lipinski definition) is 4. The van der Waals surface area contributed by atoms with Crippen LogP contribution in [0.5, 0.6) is 0 Å². The van der Waals surface area contributed by atoms with Crippen LogP contribution in [0.15, 0.2) is 42.5 Å². The molecular weight excluding hydrogens is 542 g/mol. The van der Waals surface area contributed by atoms with Crippen molar-refractivity contribution in [3.8, 4) is 0 Å². The molecule has 14 heteroatoms. The van der Waals surface area contributed by atoms with E-state index >= 15 is 0 Å². The van der Waals surface area contributed by atoms with Crippen LogP contribution < -0.4 is 10.2 Å². The number of aromatic nitrogens is 2. The second-order valence-corrected chi connectivity index (χ2v) is 9.03. The number of benzene rings is 2. The molecule has 1 aliphatic heterocycles. The van der Waals surface area contributed by atoms with Crippen LogP contribution in [0.3, 0.4) is 0 Å². The number of halogens is 7. The minimum Gasteiger partial charge on any atom is -0.478 e. The average Bonchev–Trinajstić information content (AvgIpc) is 3.39. The van der Waals surface area contributed by atoms with Gasteiger partial charge in [0.2, 0.25) is 0 Å². The number of amides is 1. The summed E-state index contributed by atoms with van der Waals surface area (Å²) in [5.74, 6) is -2.43. The van der Waals surface area contributed by atoms with Gasteiger partial charge in [-0.15, -0.1) is 0 Å². The third kappa shape index (κ3) is 5.42. The fraction of sp³-hybridized carbons (Fsp3) is 0.292. The lowest BCUT2D eigenvalue weighted by molar-refractivity contribution is -0.142. The molecule has 0 bridgehead atoms. The van der Waals surface area contributed by atoms with Crippen molar-refractivity contribution in [1.29, 1.82) is 0 Å². The van der Waals surface area contributed by atoms with Crippen LogP contribution in [0.2, 0.25) is 5.02 Å². The molecule has 2 aromatic carbocycles. The maximum Gasteiger partial charge on any atom is 0.436 e. The minimum atomic E-state index is -4.98. The van der Waals surface area contributed by atoms with Gasteiger partial charge in [0.15, 0.2) is 5.69 Å². The molecule has 38 heavy (non-hydrogen) atoms. The van der Waals surface area contributed by atoms with Crippen LogP contribution >= 0.6 is 11.6 Å². The minimum absolute atomic E-state index is 0.00684. The molecule has 0 saturated carbocycles. The molecule has 3 aromatic rings. The second kappa shape index (κ2) is 9.86. The van der Waals surface area contributed by atoms with E-state index in [1.807, 2.05) is 0 Å². The molecular formula is C24H19ClF6N4O3. The molecule has 0 spiro atoms. The van der Waals surface area contributed by atoms with Crippen molar-refractivity contribution in [2.24, 2.45) is 0 Å². The molecule has 0 saturated heterocycles. The molecule has 1 aliphatic rings. The van der Waals surface area contributed by atoms with Crippen LogP contribution in [0, 0.1) is 0 Å². The van der Waals surface area contributed by atoms with Gasteiger partial charge >= 0.3 is 18.3 Å². The first kappa shape index (κ1) is 27.3. The van der Waals surface area contributed by atoms with E-state index in [4.69, 9.17) is 16.7 Å². The Kier molecular flexibility index (Phi) is 7.08. The van der Waals surface area contributed by atoms with E-state index in [9.17, 15) is 35.9 Å². The molecule has 2 N–H and O–H groups in total. The number of carboxylic acid groups (broad SMARTS) is 1. The van der Waals surface area contributed by atoms with Gasteiger partial charge in [0.05, 0.1) is 28.7 Å². The topological polar surface area (TPSA) is 87.5 Å². The van der Waals surface area contributed by atoms with Crippen molar-refractivity contribution in [2.75, 3.05) is 11.4 Å². The van der Waals surface area contributed by atoms with Gasteiger partial charge in [-0.3, -0.25) is 4.79 Å². The number of carbonyl (C=O) groups is 2. The van der Waals surface area contributed by atoms with E-state index in [0.29, 0.717) is 5.56 Å². The number of nitrogens with one attached hydrogen (secondary N) is 1. The summed E-state index contributed by atoms with van der Waals surface area (Å²) in [7, 11) is 0. The maximum absolute atomic E-state index is 13.9. The first-order chi connectivity index (χ1) is 17.7. The molecule has 1 aromatic heterocycles. The summed E-state index contributed by atoms with van der Waals surface area (Å²) < 4.78 is 82.4. The highest BCUT2D eigenvalue weighted by molar-refractivity contribution is 6.31. The number of carboxylic acids is 1. The van der Waals surface area contributed by atoms with Gasteiger partial charge in [-0.2, -0.15) is 31.4 Å². The number of alkyl halides is 6. The molecule has 202 valence electrons. The van der Waals surface area contributed by atoms with E-state index in [-0.39, 0.29) is 36.6 Å². The third-order valence-electron chi connectivity index (χ3n) is 6.02. The Balaban J connectivity index is 1.66. The van der Waals surface area contributed by atoms with Gasteiger partial charge in [-0.05, 0) is 42.3 Å². The Morgan fingerprint density at radius 2 is 1.71 bits per heavy atom. The summed E-state index contributed by atoms with van der Waals surface area (Å²) in [5, 5.41) is 14.6. The summed E-state index contributed by atoms with van der Waals surface area (Å²) in [4.78, 5) is 25.6. The van der Waals surface area contributed by atoms with Crippen molar-refractivity contribution in [1.82, 2.24) is 15.1 Å². The Morgan fingerprint density at radius 1 is 1.05 bits per heavy atom. The van der Waals surface area contributed by atoms with Gasteiger partial charge in [-0.25, -0.2) is 9.48 Å². The SMILES string of the molecule is CC(NC(=O)c1c(C(F)(F)F)nn2c1N(Cc1ccc(Cl)c(C(F)(F)F)c1)CC2)c1ccc(C(=O)O)cc1. The largest absolute Gasteiger partial charge is 0.478 e. The molecule has 1 unspecified atom stereocenters. The van der Waals surface area contributed by atoms with Gasteiger partial charge < -0.3 is 15.3 Å². The molecule has 1 amide bonds. The first-order valence-electron chi connectivity index (χ1n) is 11.1. The second-order valence-electron chi connectivity index (χ2n) is 8.62. The standard InChI is InChI=1S/C24H19ClF6N4O3/c1-12(14-3-5-15(6-4-14)22(37)38)32-20(36)18-19(24(29,30)31)33-35-9-8-34(21(18)35)11-13-2-7-17(25)16(10-13)23(26,27)28/h2-7,10,12H,8-9,11H2,1H3,(H,32,36)(H,37,38). The smallest absolute Gasteiger partial charge is 0.436 e. The van der Waals surface area contributed by atoms with Crippen LogP contribution in [-0.4, -0.2) is 33.3 Å². The van der Waals surface area contributed by atoms with Crippen LogP contribution in [-0.2, 0) is 25.4 Å². The van der Waals surface area contributed by atoms with E-state index in [0.717, 1.165) is 16.8 Å². The van der Waals surface area contributed by atoms with E-state index in [2.05, 4.69) is 10.4 Å². The molecule has 0 fully saturated rings. The Bertz CT molecular complexity index is 1390. The molecule has 0 radical (unpaired) electrons. The van der Waals surface area contributed by atoms with Crippen molar-refractivity contribution < 1.29 is 41.0 Å². The summed E-state index contributed by atoms with van der Waals surface area (Å²) in [6.07, 6.45) is -9.71. The summed E-state index contributed by atoms with van der Waals surface area (Å²) >= 11 is 5.67. The zero-order chi connectivity index (χ0) is 28.0. The number of rotatable bonds is 6. The quantitative estimate of drug-likeness (QED) is 0.373. The molecule has 7 nitrogen and oxygen atoms in total. The van der Waals surface area contributed by atoms with Crippen LogP contribution in [0.4, 0.5) is 32.2 Å². The van der Waals surface area contributed by atoms with Crippen molar-refractivity contribution in [3.05, 3.63) is 81.0 Å². The Hall–Kier alpha value is -3.74. The number of aromatic carboxylic acids is 1. The monoisotopic (exact) mass is 560 g/mol. The fourth-order valence-electron chi connectivity index (χ4n) is 4.19. The summed E-state index contributed by atoms with van der Waals surface area (Å²) in [6.45, 7) is 1.37. The lowest BCUT2D eigenvalue weighted by Gasteiger charge is -2.21. The Labute approximate surface area is 216 Å². The van der Waals surface area contributed by atoms with Gasteiger partial charge in [-0.1, -0.05) is 29.8 Å². The first-order valence-corrected chi connectivity index (χ1v) is 11.5. The number of fused-ring (bicyclic) bond motifs is 1. The van der Waals surface area contributed by atoms with Crippen molar-refractivity contribution in [2.45, 2.75) is 38.4 Å². The maximum atomic E-state index is 13.9. The fourth-order valence-corrected chi connectivity index (χ4v) is 4.41. The highest BCUT2D eigenvalue weighted by Gasteiger charge is 2.44. The number of hydrogen-bond donors (Lipinski definition) is 2. The van der Waals surface area contributed by atoms with Gasteiger partial charge in [0, 0.05) is 13.1 Å². The molecule has 0 aliphatic carbocycles. The van der Waals surface area contributed by atoms with Crippen LogP contribution in [0.25, 0.3) is 0 Å². The van der Waals surface area contributed by atoms with E-state index in [1.54, 1.807) is 0 Å².